The zero-order chi connectivity index (χ0) is 15.5. The number of imide groups is 1. The molecule has 1 aromatic rings. The van der Waals surface area contributed by atoms with Gasteiger partial charge in [-0.05, 0) is 56.4 Å². The highest BCUT2D eigenvalue weighted by Gasteiger charge is 2.67. The van der Waals surface area contributed by atoms with E-state index >= 15 is 0 Å². The standard InChI is InChI=1S/C18H19NO3/c1-3-22-14-8-6-13(7-9-14)19-16(20)15-11-4-5-12(10-11)18(15,2)17(19)21/h4-9,11-12,15H,3,10H2,1-2H3/t11-,12+,15-,18+/m1/s1. The molecule has 0 aromatic heterocycles. The summed E-state index contributed by atoms with van der Waals surface area (Å²) >= 11 is 0. The predicted octanol–water partition coefficient (Wildman–Crippen LogP) is 2.79. The number of allylic oxidation sites excluding steroid dienone is 2. The fourth-order valence-corrected chi connectivity index (χ4v) is 4.41. The van der Waals surface area contributed by atoms with Gasteiger partial charge in [-0.15, -0.1) is 0 Å². The summed E-state index contributed by atoms with van der Waals surface area (Å²) in [5.74, 6) is 0.878. The Bertz CT molecular complexity index is 678. The van der Waals surface area contributed by atoms with Crippen LogP contribution >= 0.6 is 0 Å². The van der Waals surface area contributed by atoms with Crippen molar-refractivity contribution in [3.63, 3.8) is 0 Å². The van der Waals surface area contributed by atoms with Gasteiger partial charge in [-0.3, -0.25) is 9.59 Å². The van der Waals surface area contributed by atoms with E-state index in [4.69, 9.17) is 4.74 Å². The monoisotopic (exact) mass is 297 g/mol. The molecule has 0 N–H and O–H groups in total. The van der Waals surface area contributed by atoms with Crippen molar-refractivity contribution in [3.8, 4) is 5.75 Å². The highest BCUT2D eigenvalue weighted by atomic mass is 16.5. The molecule has 2 amide bonds. The van der Waals surface area contributed by atoms with Gasteiger partial charge in [0.15, 0.2) is 0 Å². The lowest BCUT2D eigenvalue weighted by molar-refractivity contribution is -0.127. The van der Waals surface area contributed by atoms with Crippen LogP contribution in [0, 0.1) is 23.2 Å². The Kier molecular flexibility index (Phi) is 2.74. The number of hydrogen-bond donors (Lipinski definition) is 0. The average molecular weight is 297 g/mol. The number of fused-ring (bicyclic) bond motifs is 5. The Balaban J connectivity index is 1.70. The average Bonchev–Trinajstić information content (AvgIpc) is 3.14. The third-order valence-electron chi connectivity index (χ3n) is 5.52. The smallest absolute Gasteiger partial charge is 0.241 e. The maximum Gasteiger partial charge on any atom is 0.241 e. The van der Waals surface area contributed by atoms with Gasteiger partial charge in [0.2, 0.25) is 11.8 Å². The highest BCUT2D eigenvalue weighted by Crippen LogP contribution is 2.60. The third-order valence-corrected chi connectivity index (χ3v) is 5.52. The van der Waals surface area contributed by atoms with Gasteiger partial charge in [-0.2, -0.15) is 0 Å². The Morgan fingerprint density at radius 3 is 2.59 bits per heavy atom. The molecule has 0 unspecified atom stereocenters. The number of benzene rings is 1. The quantitative estimate of drug-likeness (QED) is 0.636. The van der Waals surface area contributed by atoms with E-state index in [0.717, 1.165) is 12.2 Å². The first-order valence-corrected chi connectivity index (χ1v) is 7.87. The number of ether oxygens (including phenoxy) is 1. The van der Waals surface area contributed by atoms with Crippen molar-refractivity contribution in [2.45, 2.75) is 20.3 Å². The first-order valence-electron chi connectivity index (χ1n) is 7.87. The van der Waals surface area contributed by atoms with Crippen molar-refractivity contribution in [2.75, 3.05) is 11.5 Å². The predicted molar refractivity (Wildman–Crippen MR) is 82.4 cm³/mol. The molecule has 2 bridgehead atoms. The van der Waals surface area contributed by atoms with Crippen molar-refractivity contribution in [1.29, 1.82) is 0 Å². The normalized spacial score (nSPS) is 35.4. The summed E-state index contributed by atoms with van der Waals surface area (Å²) in [5, 5.41) is 0. The van der Waals surface area contributed by atoms with Gasteiger partial charge < -0.3 is 4.74 Å². The molecule has 1 aromatic carbocycles. The molecule has 2 fully saturated rings. The Hall–Kier alpha value is -2.10. The van der Waals surface area contributed by atoms with Crippen LogP contribution in [0.3, 0.4) is 0 Å². The van der Waals surface area contributed by atoms with Crippen molar-refractivity contribution < 1.29 is 14.3 Å². The van der Waals surface area contributed by atoms with E-state index in [9.17, 15) is 9.59 Å². The van der Waals surface area contributed by atoms with Crippen LogP contribution in [-0.2, 0) is 9.59 Å². The van der Waals surface area contributed by atoms with Crippen LogP contribution in [0.1, 0.15) is 20.3 Å². The minimum atomic E-state index is -0.560. The number of carbonyl (C=O) groups excluding carboxylic acids is 2. The van der Waals surface area contributed by atoms with Crippen molar-refractivity contribution >= 4 is 17.5 Å². The molecule has 4 nitrogen and oxygen atoms in total. The van der Waals surface area contributed by atoms with E-state index in [2.05, 4.69) is 12.2 Å². The van der Waals surface area contributed by atoms with Gasteiger partial charge >= 0.3 is 0 Å². The fourth-order valence-electron chi connectivity index (χ4n) is 4.41. The molecule has 4 atom stereocenters. The number of carbonyl (C=O) groups is 2. The summed E-state index contributed by atoms with van der Waals surface area (Å²) in [6.45, 7) is 4.48. The van der Waals surface area contributed by atoms with Crippen LogP contribution in [0.4, 0.5) is 5.69 Å². The van der Waals surface area contributed by atoms with Crippen LogP contribution < -0.4 is 9.64 Å². The molecule has 22 heavy (non-hydrogen) atoms. The number of amides is 2. The molecular weight excluding hydrogens is 278 g/mol. The molecule has 1 saturated carbocycles. The van der Waals surface area contributed by atoms with E-state index in [1.54, 1.807) is 12.1 Å². The molecule has 1 aliphatic heterocycles. The third kappa shape index (κ3) is 1.52. The summed E-state index contributed by atoms with van der Waals surface area (Å²) < 4.78 is 5.42. The van der Waals surface area contributed by atoms with Gasteiger partial charge in [-0.1, -0.05) is 12.2 Å². The molecule has 2 aliphatic carbocycles. The zero-order valence-electron chi connectivity index (χ0n) is 12.8. The number of nitrogens with zero attached hydrogens (tertiary/aromatic N) is 1. The van der Waals surface area contributed by atoms with Gasteiger partial charge in [0, 0.05) is 0 Å². The van der Waals surface area contributed by atoms with Crippen molar-refractivity contribution in [1.82, 2.24) is 0 Å². The molecule has 0 radical (unpaired) electrons. The highest BCUT2D eigenvalue weighted by molar-refractivity contribution is 6.24. The molecular formula is C18H19NO3. The van der Waals surface area contributed by atoms with Crippen LogP contribution in [0.5, 0.6) is 5.75 Å². The van der Waals surface area contributed by atoms with Gasteiger partial charge in [0.25, 0.3) is 0 Å². The zero-order valence-corrected chi connectivity index (χ0v) is 12.8. The lowest BCUT2D eigenvalue weighted by atomic mass is 9.71. The molecule has 1 heterocycles. The minimum Gasteiger partial charge on any atom is -0.494 e. The molecule has 4 heteroatoms. The Morgan fingerprint density at radius 1 is 1.23 bits per heavy atom. The van der Waals surface area contributed by atoms with Crippen LogP contribution in [0.2, 0.25) is 0 Å². The van der Waals surface area contributed by atoms with Gasteiger partial charge in [0.1, 0.15) is 5.75 Å². The second kappa shape index (κ2) is 4.45. The summed E-state index contributed by atoms with van der Waals surface area (Å²) in [6, 6.07) is 7.20. The SMILES string of the molecule is CCOc1ccc(N2C(=O)[C@H]3[C@@H]4C=C[C@@H](C4)[C@]3(C)C2=O)cc1. The summed E-state index contributed by atoms with van der Waals surface area (Å²) in [6.07, 6.45) is 5.17. The first kappa shape index (κ1) is 13.6. The van der Waals surface area contributed by atoms with Crippen LogP contribution in [-0.4, -0.2) is 18.4 Å². The summed E-state index contributed by atoms with van der Waals surface area (Å²) in [4.78, 5) is 27.2. The largest absolute Gasteiger partial charge is 0.494 e. The lowest BCUT2D eigenvalue weighted by Crippen LogP contribution is -2.37. The molecule has 1 saturated heterocycles. The van der Waals surface area contributed by atoms with E-state index in [1.165, 1.54) is 4.90 Å². The Morgan fingerprint density at radius 2 is 1.95 bits per heavy atom. The van der Waals surface area contributed by atoms with Gasteiger partial charge in [-0.25, -0.2) is 4.90 Å². The Labute approximate surface area is 129 Å². The second-order valence-electron chi connectivity index (χ2n) is 6.56. The fraction of sp³-hybridized carbons (Fsp3) is 0.444. The molecule has 3 aliphatic rings. The summed E-state index contributed by atoms with van der Waals surface area (Å²) in [7, 11) is 0. The number of hydrogen-bond acceptors (Lipinski definition) is 3. The van der Waals surface area contributed by atoms with E-state index in [1.807, 2.05) is 26.0 Å². The molecule has 4 rings (SSSR count). The topological polar surface area (TPSA) is 46.6 Å². The molecule has 0 spiro atoms. The van der Waals surface area contributed by atoms with Crippen LogP contribution in [0.15, 0.2) is 36.4 Å². The summed E-state index contributed by atoms with van der Waals surface area (Å²) in [5.41, 5.74) is 0.0863. The lowest BCUT2D eigenvalue weighted by Gasteiger charge is -2.28. The van der Waals surface area contributed by atoms with Crippen LogP contribution in [0.25, 0.3) is 0 Å². The number of anilines is 1. The maximum atomic E-state index is 13.0. The van der Waals surface area contributed by atoms with E-state index < -0.39 is 5.41 Å². The second-order valence-corrected chi connectivity index (χ2v) is 6.56. The minimum absolute atomic E-state index is 0.0477. The van der Waals surface area contributed by atoms with Gasteiger partial charge in [0.05, 0.1) is 23.6 Å². The first-order chi connectivity index (χ1) is 10.6. The number of rotatable bonds is 3. The maximum absolute atomic E-state index is 13.0. The molecule has 114 valence electrons. The van der Waals surface area contributed by atoms with Crippen molar-refractivity contribution in [2.24, 2.45) is 23.2 Å². The van der Waals surface area contributed by atoms with E-state index in [0.29, 0.717) is 12.3 Å². The van der Waals surface area contributed by atoms with Crippen molar-refractivity contribution in [3.05, 3.63) is 36.4 Å². The van der Waals surface area contributed by atoms with E-state index in [-0.39, 0.29) is 29.6 Å².